The van der Waals surface area contributed by atoms with Crippen LogP contribution < -0.4 is 10.2 Å². The molecule has 0 fully saturated rings. The van der Waals surface area contributed by atoms with Gasteiger partial charge in [-0.25, -0.2) is 5.01 Å². The van der Waals surface area contributed by atoms with Crippen LogP contribution in [0.5, 0.6) is 0 Å². The van der Waals surface area contributed by atoms with Crippen LogP contribution in [0, 0.1) is 6.92 Å². The minimum atomic E-state index is -0.0962. The highest BCUT2D eigenvalue weighted by atomic mass is 16.2. The summed E-state index contributed by atoms with van der Waals surface area (Å²) in [6, 6.07) is 12.1. The molecule has 0 saturated heterocycles. The molecule has 0 unspecified atom stereocenters. The first-order valence-corrected chi connectivity index (χ1v) is 12.6. The Balaban J connectivity index is 0.00000361. The number of unbranched alkanes of at least 4 members (excludes halogenated alkanes) is 2. The fraction of sp³-hybridized carbons (Fsp3) is 0.483. The number of carbonyl (C=O) groups excluding carboxylic acids is 3. The standard InChI is InChI=1S/C28H36N4O3.CH4/c1-4-5-8-13-29-27(34)18-31(25-15-21-11-12-26(33)24(21)14-20(25)2)19-28(35)30(3)32-16-22-9-6-7-10-23(22)17-32;/h6-7,9-10,14-15H,4-5,8,11-13,16-19H2,1-3H3,(H,29,34);1H4. The van der Waals surface area contributed by atoms with Crippen molar-refractivity contribution in [1.29, 1.82) is 0 Å². The van der Waals surface area contributed by atoms with Crippen LogP contribution in [-0.4, -0.2) is 54.3 Å². The van der Waals surface area contributed by atoms with Gasteiger partial charge < -0.3 is 10.2 Å². The third-order valence-corrected chi connectivity index (χ3v) is 7.06. The van der Waals surface area contributed by atoms with E-state index in [-0.39, 0.29) is 38.1 Å². The van der Waals surface area contributed by atoms with Gasteiger partial charge in [-0.1, -0.05) is 51.5 Å². The number of carbonyl (C=O) groups is 3. The van der Waals surface area contributed by atoms with Crippen molar-refractivity contribution >= 4 is 23.3 Å². The lowest BCUT2D eigenvalue weighted by atomic mass is 10.0. The molecule has 2 aromatic rings. The van der Waals surface area contributed by atoms with E-state index in [9.17, 15) is 14.4 Å². The second kappa shape index (κ2) is 12.2. The monoisotopic (exact) mass is 492 g/mol. The van der Waals surface area contributed by atoms with Gasteiger partial charge in [0.25, 0.3) is 5.91 Å². The quantitative estimate of drug-likeness (QED) is 0.502. The molecule has 4 rings (SSSR count). The molecule has 0 spiro atoms. The molecule has 2 amide bonds. The van der Waals surface area contributed by atoms with E-state index in [4.69, 9.17) is 0 Å². The van der Waals surface area contributed by atoms with Crippen LogP contribution in [0.15, 0.2) is 36.4 Å². The first-order valence-electron chi connectivity index (χ1n) is 12.6. The number of benzene rings is 2. The maximum absolute atomic E-state index is 13.4. The number of nitrogens with zero attached hydrogens (tertiary/aromatic N) is 3. The molecule has 0 bridgehead atoms. The first-order chi connectivity index (χ1) is 16.9. The molecule has 36 heavy (non-hydrogen) atoms. The summed E-state index contributed by atoms with van der Waals surface area (Å²) in [6.07, 6.45) is 4.34. The summed E-state index contributed by atoms with van der Waals surface area (Å²) >= 11 is 0. The van der Waals surface area contributed by atoms with Crippen LogP contribution in [0.1, 0.15) is 72.6 Å². The van der Waals surface area contributed by atoms with E-state index in [2.05, 4.69) is 24.4 Å². The minimum Gasteiger partial charge on any atom is -0.355 e. The molecule has 2 aromatic carbocycles. The predicted molar refractivity (Wildman–Crippen MR) is 144 cm³/mol. The summed E-state index contributed by atoms with van der Waals surface area (Å²) < 4.78 is 0. The van der Waals surface area contributed by atoms with Gasteiger partial charge in [0, 0.05) is 44.4 Å². The zero-order valence-corrected chi connectivity index (χ0v) is 21.1. The second-order valence-corrected chi connectivity index (χ2v) is 9.64. The number of hydrazine groups is 1. The average molecular weight is 493 g/mol. The van der Waals surface area contributed by atoms with E-state index in [1.54, 1.807) is 12.1 Å². The van der Waals surface area contributed by atoms with Crippen molar-refractivity contribution in [3.8, 4) is 0 Å². The second-order valence-electron chi connectivity index (χ2n) is 9.64. The molecule has 0 saturated carbocycles. The Kier molecular flexibility index (Phi) is 9.26. The molecular weight excluding hydrogens is 452 g/mol. The number of amides is 2. The Bertz CT molecular complexity index is 1090. The van der Waals surface area contributed by atoms with Crippen LogP contribution in [0.25, 0.3) is 0 Å². The normalized spacial score (nSPS) is 14.1. The summed E-state index contributed by atoms with van der Waals surface area (Å²) in [5, 5.41) is 6.71. The number of aryl methyl sites for hydroxylation is 2. The largest absolute Gasteiger partial charge is 0.355 e. The molecule has 0 radical (unpaired) electrons. The summed E-state index contributed by atoms with van der Waals surface area (Å²) in [5.74, 6) is -0.00653. The van der Waals surface area contributed by atoms with Gasteiger partial charge in [0.15, 0.2) is 5.78 Å². The molecule has 0 atom stereocenters. The van der Waals surface area contributed by atoms with Crippen molar-refractivity contribution in [2.75, 3.05) is 31.6 Å². The Hall–Kier alpha value is -3.19. The zero-order chi connectivity index (χ0) is 24.9. The van der Waals surface area contributed by atoms with Gasteiger partial charge in [-0.05, 0) is 54.2 Å². The highest BCUT2D eigenvalue weighted by Gasteiger charge is 2.28. The number of ketones is 1. The number of hydrogen-bond acceptors (Lipinski definition) is 5. The molecule has 2 aliphatic rings. The van der Waals surface area contributed by atoms with Crippen LogP contribution in [0.3, 0.4) is 0 Å². The van der Waals surface area contributed by atoms with Crippen molar-refractivity contribution in [3.63, 3.8) is 0 Å². The Morgan fingerprint density at radius 1 is 1.00 bits per heavy atom. The van der Waals surface area contributed by atoms with E-state index < -0.39 is 0 Å². The maximum Gasteiger partial charge on any atom is 0.256 e. The van der Waals surface area contributed by atoms with Gasteiger partial charge >= 0.3 is 0 Å². The summed E-state index contributed by atoms with van der Waals surface area (Å²) in [7, 11) is 1.80. The summed E-state index contributed by atoms with van der Waals surface area (Å²) in [5.41, 5.74) is 5.98. The highest BCUT2D eigenvalue weighted by Crippen LogP contribution is 2.31. The molecule has 1 heterocycles. The highest BCUT2D eigenvalue weighted by molar-refractivity contribution is 6.01. The molecule has 7 nitrogen and oxygen atoms in total. The van der Waals surface area contributed by atoms with E-state index in [1.165, 1.54) is 11.1 Å². The number of hydrogen-bond donors (Lipinski definition) is 1. The molecule has 1 N–H and O–H groups in total. The topological polar surface area (TPSA) is 73.0 Å². The van der Waals surface area contributed by atoms with Gasteiger partial charge in [0.05, 0.1) is 13.1 Å². The SMILES string of the molecule is C.CCCCCNC(=O)CN(CC(=O)N(C)N1Cc2ccccc2C1)c1cc2c(cc1C)C(=O)CC2. The lowest BCUT2D eigenvalue weighted by Gasteiger charge is -2.32. The predicted octanol–water partition coefficient (Wildman–Crippen LogP) is 4.26. The van der Waals surface area contributed by atoms with E-state index >= 15 is 0 Å². The lowest BCUT2D eigenvalue weighted by Crippen LogP contribution is -2.48. The summed E-state index contributed by atoms with van der Waals surface area (Å²) in [4.78, 5) is 40.3. The number of anilines is 1. The maximum atomic E-state index is 13.4. The molecule has 1 aliphatic carbocycles. The van der Waals surface area contributed by atoms with Crippen LogP contribution in [-0.2, 0) is 29.1 Å². The smallest absolute Gasteiger partial charge is 0.256 e. The number of fused-ring (bicyclic) bond motifs is 2. The van der Waals surface area contributed by atoms with Gasteiger partial charge in [-0.15, -0.1) is 0 Å². The number of rotatable bonds is 10. The molecule has 1 aliphatic heterocycles. The van der Waals surface area contributed by atoms with E-state index in [0.717, 1.165) is 41.6 Å². The lowest BCUT2D eigenvalue weighted by molar-refractivity contribution is -0.145. The van der Waals surface area contributed by atoms with Crippen LogP contribution in [0.4, 0.5) is 5.69 Å². The zero-order valence-electron chi connectivity index (χ0n) is 21.1. The van der Waals surface area contributed by atoms with Crippen molar-refractivity contribution in [1.82, 2.24) is 15.3 Å². The van der Waals surface area contributed by atoms with Gasteiger partial charge in [-0.3, -0.25) is 19.4 Å². The number of nitrogens with one attached hydrogen (secondary N) is 1. The Labute approximate surface area is 215 Å². The molecule has 7 heteroatoms. The molecule has 0 aromatic heterocycles. The molecular formula is C29H40N4O3. The minimum absolute atomic E-state index is 0. The van der Waals surface area contributed by atoms with Crippen LogP contribution >= 0.6 is 0 Å². The third kappa shape index (κ3) is 6.13. The third-order valence-electron chi connectivity index (χ3n) is 7.06. The number of Topliss-reactive ketones (excluding diaryl/α,β-unsaturated/α-hetero) is 1. The van der Waals surface area contributed by atoms with Crippen molar-refractivity contribution in [2.24, 2.45) is 0 Å². The van der Waals surface area contributed by atoms with Crippen molar-refractivity contribution in [3.05, 3.63) is 64.2 Å². The van der Waals surface area contributed by atoms with Crippen LogP contribution in [0.2, 0.25) is 0 Å². The first kappa shape index (κ1) is 27.4. The Morgan fingerprint density at radius 3 is 2.36 bits per heavy atom. The van der Waals surface area contributed by atoms with Gasteiger partial charge in [-0.2, -0.15) is 0 Å². The van der Waals surface area contributed by atoms with Gasteiger partial charge in [0.2, 0.25) is 5.91 Å². The summed E-state index contributed by atoms with van der Waals surface area (Å²) in [6.45, 7) is 6.27. The van der Waals surface area contributed by atoms with Crippen molar-refractivity contribution in [2.45, 2.75) is 66.5 Å². The van der Waals surface area contributed by atoms with E-state index in [0.29, 0.717) is 32.5 Å². The van der Waals surface area contributed by atoms with Crippen molar-refractivity contribution < 1.29 is 14.4 Å². The Morgan fingerprint density at radius 2 is 1.69 bits per heavy atom. The fourth-order valence-corrected chi connectivity index (χ4v) is 4.94. The van der Waals surface area contributed by atoms with E-state index in [1.807, 2.05) is 41.1 Å². The fourth-order valence-electron chi connectivity index (χ4n) is 4.94. The van der Waals surface area contributed by atoms with Gasteiger partial charge in [0.1, 0.15) is 0 Å². The number of likely N-dealkylation sites (N-methyl/N-ethyl adjacent to an activating group) is 1. The average Bonchev–Trinajstić information content (AvgIpc) is 3.44. The molecule has 194 valence electrons.